The average Bonchev–Trinajstić information content (AvgIpc) is 3.12. The Kier molecular flexibility index (Phi) is 3.80. The Balaban J connectivity index is 2.07. The molecular formula is C13H14F3NO2. The zero-order chi connectivity index (χ0) is 14.0. The molecule has 0 aromatic heterocycles. The van der Waals surface area contributed by atoms with E-state index in [-0.39, 0.29) is 0 Å². The minimum atomic E-state index is -4.43. The molecule has 1 aromatic carbocycles. The lowest BCUT2D eigenvalue weighted by Gasteiger charge is -2.16. The van der Waals surface area contributed by atoms with Crippen LogP contribution < -0.4 is 5.32 Å². The van der Waals surface area contributed by atoms with Crippen molar-refractivity contribution in [2.45, 2.75) is 31.0 Å². The number of halogens is 3. The Hall–Kier alpha value is -1.56. The number of carboxylic acid groups (broad SMARTS) is 1. The quantitative estimate of drug-likeness (QED) is 0.867. The van der Waals surface area contributed by atoms with Crippen molar-refractivity contribution in [3.63, 3.8) is 0 Å². The van der Waals surface area contributed by atoms with Crippen LogP contribution in [-0.4, -0.2) is 23.8 Å². The van der Waals surface area contributed by atoms with E-state index < -0.39 is 24.7 Å². The van der Waals surface area contributed by atoms with Crippen LogP contribution >= 0.6 is 0 Å². The molecular weight excluding hydrogens is 259 g/mol. The maximum atomic E-state index is 12.1. The fourth-order valence-electron chi connectivity index (χ4n) is 1.94. The number of rotatable bonds is 5. The molecule has 104 valence electrons. The smallest absolute Gasteiger partial charge is 0.401 e. The summed E-state index contributed by atoms with van der Waals surface area (Å²) in [6, 6.07) is 5.40. The van der Waals surface area contributed by atoms with Gasteiger partial charge in [0.1, 0.15) is 6.04 Å². The Bertz CT molecular complexity index is 452. The Morgan fingerprint density at radius 1 is 1.32 bits per heavy atom. The van der Waals surface area contributed by atoms with Gasteiger partial charge in [0.2, 0.25) is 0 Å². The summed E-state index contributed by atoms with van der Waals surface area (Å²) in [4.78, 5) is 11.0. The molecule has 6 heteroatoms. The summed E-state index contributed by atoms with van der Waals surface area (Å²) in [5, 5.41) is 11.0. The third-order valence-corrected chi connectivity index (χ3v) is 3.07. The maximum Gasteiger partial charge on any atom is 0.401 e. The summed E-state index contributed by atoms with van der Waals surface area (Å²) in [7, 11) is 0. The third-order valence-electron chi connectivity index (χ3n) is 3.07. The monoisotopic (exact) mass is 273 g/mol. The minimum absolute atomic E-state index is 0.334. The van der Waals surface area contributed by atoms with Crippen LogP contribution in [0.5, 0.6) is 0 Å². The zero-order valence-electron chi connectivity index (χ0n) is 10.1. The van der Waals surface area contributed by atoms with E-state index >= 15 is 0 Å². The van der Waals surface area contributed by atoms with Crippen molar-refractivity contribution in [1.82, 2.24) is 5.32 Å². The van der Waals surface area contributed by atoms with Crippen molar-refractivity contribution in [3.05, 3.63) is 35.4 Å². The van der Waals surface area contributed by atoms with Crippen LogP contribution in [0.2, 0.25) is 0 Å². The first kappa shape index (κ1) is 13.9. The van der Waals surface area contributed by atoms with Crippen LogP contribution in [0.15, 0.2) is 24.3 Å². The van der Waals surface area contributed by atoms with E-state index in [1.54, 1.807) is 24.3 Å². The van der Waals surface area contributed by atoms with Gasteiger partial charge in [-0.05, 0) is 29.9 Å². The van der Waals surface area contributed by atoms with Gasteiger partial charge in [0.15, 0.2) is 0 Å². The van der Waals surface area contributed by atoms with Crippen LogP contribution in [0, 0.1) is 0 Å². The highest BCUT2D eigenvalue weighted by Gasteiger charge is 2.31. The number of aliphatic carboxylic acids is 1. The van der Waals surface area contributed by atoms with Gasteiger partial charge in [-0.3, -0.25) is 10.1 Å². The summed E-state index contributed by atoms with van der Waals surface area (Å²) in [5.41, 5.74) is 1.45. The van der Waals surface area contributed by atoms with Crippen LogP contribution in [0.4, 0.5) is 13.2 Å². The molecule has 3 nitrogen and oxygen atoms in total. The van der Waals surface area contributed by atoms with E-state index in [1.807, 2.05) is 5.32 Å². The lowest BCUT2D eigenvalue weighted by molar-refractivity contribution is -0.143. The molecule has 1 fully saturated rings. The first-order valence-electron chi connectivity index (χ1n) is 5.99. The molecule has 0 spiro atoms. The third kappa shape index (κ3) is 3.96. The molecule has 0 aliphatic heterocycles. The second-order valence-electron chi connectivity index (χ2n) is 4.71. The summed E-state index contributed by atoms with van der Waals surface area (Å²) < 4.78 is 36.4. The normalized spacial score (nSPS) is 17.2. The van der Waals surface area contributed by atoms with Crippen molar-refractivity contribution in [2.24, 2.45) is 0 Å². The van der Waals surface area contributed by atoms with E-state index in [0.29, 0.717) is 11.5 Å². The average molecular weight is 273 g/mol. The number of carbonyl (C=O) groups is 1. The molecule has 0 bridgehead atoms. The van der Waals surface area contributed by atoms with Gasteiger partial charge in [0.05, 0.1) is 6.54 Å². The van der Waals surface area contributed by atoms with E-state index in [9.17, 15) is 18.0 Å². The molecule has 1 atom stereocenters. The van der Waals surface area contributed by atoms with Gasteiger partial charge in [-0.1, -0.05) is 24.3 Å². The largest absolute Gasteiger partial charge is 0.480 e. The molecule has 1 unspecified atom stereocenters. The van der Waals surface area contributed by atoms with E-state index in [2.05, 4.69) is 0 Å². The van der Waals surface area contributed by atoms with Crippen molar-refractivity contribution in [3.8, 4) is 0 Å². The molecule has 0 radical (unpaired) electrons. The van der Waals surface area contributed by atoms with Crippen LogP contribution in [0.3, 0.4) is 0 Å². The lowest BCUT2D eigenvalue weighted by atomic mass is 10.0. The number of hydrogen-bond donors (Lipinski definition) is 2. The predicted octanol–water partition coefficient (Wildman–Crippen LogP) is 2.84. The Morgan fingerprint density at radius 2 is 1.89 bits per heavy atom. The van der Waals surface area contributed by atoms with Gasteiger partial charge in [-0.25, -0.2) is 0 Å². The Morgan fingerprint density at radius 3 is 2.32 bits per heavy atom. The van der Waals surface area contributed by atoms with Crippen molar-refractivity contribution < 1.29 is 23.1 Å². The summed E-state index contributed by atoms with van der Waals surface area (Å²) in [6.45, 7) is -1.33. The minimum Gasteiger partial charge on any atom is -0.480 e. The highest BCUT2D eigenvalue weighted by Crippen LogP contribution is 2.40. The molecule has 2 N–H and O–H groups in total. The molecule has 1 aliphatic carbocycles. The highest BCUT2D eigenvalue weighted by atomic mass is 19.4. The number of alkyl halides is 3. The van der Waals surface area contributed by atoms with Gasteiger partial charge in [-0.2, -0.15) is 13.2 Å². The van der Waals surface area contributed by atoms with Crippen LogP contribution in [0.25, 0.3) is 0 Å². The van der Waals surface area contributed by atoms with Gasteiger partial charge < -0.3 is 5.11 Å². The highest BCUT2D eigenvalue weighted by molar-refractivity contribution is 5.75. The predicted molar refractivity (Wildman–Crippen MR) is 62.9 cm³/mol. The molecule has 0 saturated heterocycles. The summed E-state index contributed by atoms with van der Waals surface area (Å²) in [5.74, 6) is -0.788. The molecule has 1 aromatic rings. The van der Waals surface area contributed by atoms with Crippen molar-refractivity contribution in [2.75, 3.05) is 6.54 Å². The van der Waals surface area contributed by atoms with Crippen LogP contribution in [-0.2, 0) is 4.79 Å². The van der Waals surface area contributed by atoms with Gasteiger partial charge >= 0.3 is 12.1 Å². The Labute approximate surface area is 108 Å². The standard InChI is InChI=1S/C13H14F3NO2/c14-13(15,16)7-17-11(12(18)19)10-5-3-9(4-6-10)8-1-2-8/h3-6,8,11,17H,1-2,7H2,(H,18,19). The number of nitrogens with one attached hydrogen (secondary N) is 1. The van der Waals surface area contributed by atoms with E-state index in [1.165, 1.54) is 0 Å². The number of carboxylic acids is 1. The molecule has 0 amide bonds. The SMILES string of the molecule is O=C(O)C(NCC(F)(F)F)c1ccc(C2CC2)cc1. The fourth-order valence-corrected chi connectivity index (χ4v) is 1.94. The molecule has 0 heterocycles. The second-order valence-corrected chi connectivity index (χ2v) is 4.71. The van der Waals surface area contributed by atoms with Crippen molar-refractivity contribution >= 4 is 5.97 Å². The molecule has 2 rings (SSSR count). The lowest BCUT2D eigenvalue weighted by Crippen LogP contribution is -2.36. The second kappa shape index (κ2) is 5.21. The van der Waals surface area contributed by atoms with E-state index in [4.69, 9.17) is 5.11 Å². The first-order chi connectivity index (χ1) is 8.87. The maximum absolute atomic E-state index is 12.1. The number of hydrogen-bond acceptors (Lipinski definition) is 2. The van der Waals surface area contributed by atoms with E-state index in [0.717, 1.165) is 18.4 Å². The van der Waals surface area contributed by atoms with Gasteiger partial charge in [0, 0.05) is 0 Å². The van der Waals surface area contributed by atoms with Gasteiger partial charge in [0.25, 0.3) is 0 Å². The fraction of sp³-hybridized carbons (Fsp3) is 0.462. The van der Waals surface area contributed by atoms with Crippen LogP contribution in [0.1, 0.15) is 35.9 Å². The molecule has 1 aliphatic rings. The van der Waals surface area contributed by atoms with Crippen molar-refractivity contribution in [1.29, 1.82) is 0 Å². The number of benzene rings is 1. The first-order valence-corrected chi connectivity index (χ1v) is 5.99. The van der Waals surface area contributed by atoms with Gasteiger partial charge in [-0.15, -0.1) is 0 Å². The summed E-state index contributed by atoms with van der Waals surface area (Å²) in [6.07, 6.45) is -2.19. The zero-order valence-corrected chi connectivity index (χ0v) is 10.1. The topological polar surface area (TPSA) is 49.3 Å². The molecule has 19 heavy (non-hydrogen) atoms. The summed E-state index contributed by atoms with van der Waals surface area (Å²) >= 11 is 0. The molecule has 1 saturated carbocycles.